The van der Waals surface area contributed by atoms with Crippen LogP contribution in [0.4, 0.5) is 0 Å². The molecule has 3 heteroatoms. The van der Waals surface area contributed by atoms with Crippen LogP contribution in [0.2, 0.25) is 0 Å². The highest BCUT2D eigenvalue weighted by Crippen LogP contribution is 2.17. The fourth-order valence-corrected chi connectivity index (χ4v) is 8.48. The van der Waals surface area contributed by atoms with Crippen molar-refractivity contribution in [2.24, 2.45) is 0 Å². The minimum absolute atomic E-state index is 0.290. The second kappa shape index (κ2) is 48.6. The molecule has 1 N–H and O–H groups in total. The van der Waals surface area contributed by atoms with Gasteiger partial charge in [0, 0.05) is 6.54 Å². The van der Waals surface area contributed by atoms with Gasteiger partial charge in [-0.05, 0) is 25.9 Å². The standard InChI is InChI=1S/C51H103NO2/c1-3-5-7-9-11-13-15-17-19-21-23-25-27-29-31-33-35-37-39-41-43-45-48-52(50-47-51(53)54)49-46-44-42-40-38-36-34-32-30-28-26-24-22-20-18-16-14-12-10-8-6-4-2/h3-50H2,1-2H3,(H,53,54). The maximum absolute atomic E-state index is 11.2. The van der Waals surface area contributed by atoms with Crippen LogP contribution >= 0.6 is 0 Å². The van der Waals surface area contributed by atoms with Gasteiger partial charge in [0.2, 0.25) is 0 Å². The van der Waals surface area contributed by atoms with Gasteiger partial charge in [0.1, 0.15) is 0 Å². The molecule has 0 heterocycles. The van der Waals surface area contributed by atoms with Gasteiger partial charge in [-0.25, -0.2) is 0 Å². The van der Waals surface area contributed by atoms with Gasteiger partial charge in [0.05, 0.1) is 6.42 Å². The van der Waals surface area contributed by atoms with E-state index in [0.29, 0.717) is 6.42 Å². The molecule has 0 aliphatic carbocycles. The Morgan fingerprint density at radius 2 is 0.444 bits per heavy atom. The van der Waals surface area contributed by atoms with Crippen molar-refractivity contribution in [3.8, 4) is 0 Å². The summed E-state index contributed by atoms with van der Waals surface area (Å²) < 4.78 is 0. The second-order valence-corrected chi connectivity index (χ2v) is 17.8. The number of hydrogen-bond donors (Lipinski definition) is 1. The highest BCUT2D eigenvalue weighted by molar-refractivity contribution is 5.66. The highest BCUT2D eigenvalue weighted by Gasteiger charge is 2.08. The van der Waals surface area contributed by atoms with E-state index in [2.05, 4.69) is 18.7 Å². The van der Waals surface area contributed by atoms with E-state index in [1.807, 2.05) is 0 Å². The molecular formula is C51H103NO2. The quantitative estimate of drug-likeness (QED) is 0.0628. The highest BCUT2D eigenvalue weighted by atomic mass is 16.4. The maximum Gasteiger partial charge on any atom is 0.304 e. The number of carboxylic acids is 1. The second-order valence-electron chi connectivity index (χ2n) is 17.8. The van der Waals surface area contributed by atoms with Crippen LogP contribution in [0.3, 0.4) is 0 Å². The van der Waals surface area contributed by atoms with Gasteiger partial charge in [-0.15, -0.1) is 0 Å². The third-order valence-corrected chi connectivity index (χ3v) is 12.3. The number of aliphatic carboxylic acids is 1. The molecule has 0 spiro atoms. The van der Waals surface area contributed by atoms with Crippen molar-refractivity contribution < 1.29 is 9.90 Å². The predicted octanol–water partition coefficient (Wildman–Crippen LogP) is 18.0. The van der Waals surface area contributed by atoms with Crippen LogP contribution in [-0.2, 0) is 4.79 Å². The molecule has 0 aliphatic heterocycles. The largest absolute Gasteiger partial charge is 0.481 e. The maximum atomic E-state index is 11.2. The van der Waals surface area contributed by atoms with E-state index in [1.165, 1.54) is 283 Å². The van der Waals surface area contributed by atoms with Crippen molar-refractivity contribution in [2.75, 3.05) is 19.6 Å². The summed E-state index contributed by atoms with van der Waals surface area (Å²) in [6.07, 6.45) is 62.9. The Labute approximate surface area is 342 Å². The van der Waals surface area contributed by atoms with Crippen molar-refractivity contribution in [3.05, 3.63) is 0 Å². The van der Waals surface area contributed by atoms with Crippen LogP contribution in [0.15, 0.2) is 0 Å². The van der Waals surface area contributed by atoms with Gasteiger partial charge >= 0.3 is 5.97 Å². The zero-order chi connectivity index (χ0) is 39.1. The topological polar surface area (TPSA) is 40.5 Å². The Morgan fingerprint density at radius 1 is 0.278 bits per heavy atom. The van der Waals surface area contributed by atoms with Crippen LogP contribution in [0, 0.1) is 0 Å². The molecule has 3 nitrogen and oxygen atoms in total. The molecule has 0 saturated carbocycles. The average molecular weight is 762 g/mol. The minimum atomic E-state index is -0.650. The van der Waals surface area contributed by atoms with E-state index in [-0.39, 0.29) is 0 Å². The zero-order valence-electron chi connectivity index (χ0n) is 37.7. The van der Waals surface area contributed by atoms with Gasteiger partial charge in [-0.1, -0.05) is 284 Å². The summed E-state index contributed by atoms with van der Waals surface area (Å²) in [5.74, 6) is -0.650. The molecule has 0 aliphatic rings. The fourth-order valence-electron chi connectivity index (χ4n) is 8.48. The number of nitrogens with zero attached hydrogens (tertiary/aromatic N) is 1. The first-order valence-corrected chi connectivity index (χ1v) is 25.6. The lowest BCUT2D eigenvalue weighted by atomic mass is 10.0. The first kappa shape index (κ1) is 53.4. The molecule has 0 rings (SSSR count). The normalized spacial score (nSPS) is 11.7. The van der Waals surface area contributed by atoms with Crippen molar-refractivity contribution in [2.45, 2.75) is 303 Å². The minimum Gasteiger partial charge on any atom is -0.481 e. The number of hydrogen-bond acceptors (Lipinski definition) is 2. The van der Waals surface area contributed by atoms with E-state index in [0.717, 1.165) is 19.6 Å². The lowest BCUT2D eigenvalue weighted by Crippen LogP contribution is -2.28. The molecule has 0 fully saturated rings. The molecular weight excluding hydrogens is 659 g/mol. The molecule has 0 aromatic carbocycles. The molecule has 0 bridgehead atoms. The van der Waals surface area contributed by atoms with Gasteiger partial charge in [0.15, 0.2) is 0 Å². The molecule has 0 atom stereocenters. The van der Waals surface area contributed by atoms with Gasteiger partial charge in [0.25, 0.3) is 0 Å². The van der Waals surface area contributed by atoms with Gasteiger partial charge in [-0.2, -0.15) is 0 Å². The molecule has 0 unspecified atom stereocenters. The average Bonchev–Trinajstić information content (AvgIpc) is 3.17. The third-order valence-electron chi connectivity index (χ3n) is 12.3. The third kappa shape index (κ3) is 47.6. The summed E-state index contributed by atoms with van der Waals surface area (Å²) in [4.78, 5) is 13.7. The van der Waals surface area contributed by atoms with E-state index in [1.54, 1.807) is 0 Å². The number of unbranched alkanes of at least 4 members (excludes halogenated alkanes) is 42. The lowest BCUT2D eigenvalue weighted by Gasteiger charge is -2.21. The first-order valence-electron chi connectivity index (χ1n) is 25.6. The Kier molecular flexibility index (Phi) is 48.1. The summed E-state index contributed by atoms with van der Waals surface area (Å²) in [6.45, 7) is 7.51. The van der Waals surface area contributed by atoms with Crippen molar-refractivity contribution >= 4 is 5.97 Å². The Bertz CT molecular complexity index is 632. The van der Waals surface area contributed by atoms with Crippen LogP contribution < -0.4 is 0 Å². The Hall–Kier alpha value is -0.570. The molecule has 0 radical (unpaired) electrons. The molecule has 0 aromatic heterocycles. The van der Waals surface area contributed by atoms with Gasteiger partial charge in [-0.3, -0.25) is 4.79 Å². The molecule has 0 amide bonds. The first-order chi connectivity index (χ1) is 26.7. The van der Waals surface area contributed by atoms with Crippen LogP contribution in [0.1, 0.15) is 303 Å². The SMILES string of the molecule is CCCCCCCCCCCCCCCCCCCCCCCCN(CCCCCCCCCCCCCCCCCCCCCCCC)CCC(=O)O. The van der Waals surface area contributed by atoms with Crippen molar-refractivity contribution in [1.29, 1.82) is 0 Å². The summed E-state index contributed by atoms with van der Waals surface area (Å²) in [6, 6.07) is 0. The van der Waals surface area contributed by atoms with Crippen LogP contribution in [-0.4, -0.2) is 35.6 Å². The Balaban J connectivity index is 3.47. The fraction of sp³-hybridized carbons (Fsp3) is 0.980. The smallest absolute Gasteiger partial charge is 0.304 e. The Morgan fingerprint density at radius 3 is 0.611 bits per heavy atom. The molecule has 0 saturated heterocycles. The number of rotatable bonds is 49. The van der Waals surface area contributed by atoms with Crippen LogP contribution in [0.5, 0.6) is 0 Å². The number of carbonyl (C=O) groups is 1. The lowest BCUT2D eigenvalue weighted by molar-refractivity contribution is -0.137. The van der Waals surface area contributed by atoms with Crippen molar-refractivity contribution in [1.82, 2.24) is 4.90 Å². The summed E-state index contributed by atoms with van der Waals surface area (Å²) >= 11 is 0. The monoisotopic (exact) mass is 762 g/mol. The van der Waals surface area contributed by atoms with E-state index >= 15 is 0 Å². The summed E-state index contributed by atoms with van der Waals surface area (Å²) in [5.41, 5.74) is 0. The molecule has 0 aromatic rings. The summed E-state index contributed by atoms with van der Waals surface area (Å²) in [5, 5.41) is 9.24. The van der Waals surface area contributed by atoms with Gasteiger partial charge < -0.3 is 10.0 Å². The van der Waals surface area contributed by atoms with E-state index < -0.39 is 5.97 Å². The van der Waals surface area contributed by atoms with Crippen molar-refractivity contribution in [3.63, 3.8) is 0 Å². The zero-order valence-corrected chi connectivity index (χ0v) is 37.7. The molecule has 54 heavy (non-hydrogen) atoms. The molecule has 324 valence electrons. The predicted molar refractivity (Wildman–Crippen MR) is 243 cm³/mol. The van der Waals surface area contributed by atoms with Crippen LogP contribution in [0.25, 0.3) is 0 Å². The number of carboxylic acid groups (broad SMARTS) is 1. The summed E-state index contributed by atoms with van der Waals surface area (Å²) in [7, 11) is 0. The van der Waals surface area contributed by atoms with E-state index in [4.69, 9.17) is 0 Å². The van der Waals surface area contributed by atoms with E-state index in [9.17, 15) is 9.90 Å².